The minimum absolute atomic E-state index is 0.118. The smallest absolute Gasteiger partial charge is 0.339 e. The van der Waals surface area contributed by atoms with Crippen LogP contribution in [0.15, 0.2) is 36.4 Å². The summed E-state index contributed by atoms with van der Waals surface area (Å²) < 4.78 is 0. The Kier molecular flexibility index (Phi) is 6.11. The maximum Gasteiger partial charge on any atom is 0.339 e. The van der Waals surface area contributed by atoms with Crippen LogP contribution in [0, 0.1) is 10.1 Å². The summed E-state index contributed by atoms with van der Waals surface area (Å²) in [5.74, 6) is -2.36. The molecule has 2 aromatic carbocycles. The van der Waals surface area contributed by atoms with Gasteiger partial charge in [0.25, 0.3) is 11.6 Å². The number of carboxylic acids is 1. The third kappa shape index (κ3) is 4.63. The Balaban J connectivity index is 1.80. The Hall–Kier alpha value is -3.73. The van der Waals surface area contributed by atoms with Gasteiger partial charge in [-0.2, -0.15) is 0 Å². The second-order valence-corrected chi connectivity index (χ2v) is 7.01. The van der Waals surface area contributed by atoms with Crippen LogP contribution >= 0.6 is 12.2 Å². The van der Waals surface area contributed by atoms with E-state index in [2.05, 4.69) is 10.6 Å². The van der Waals surface area contributed by atoms with Crippen LogP contribution in [-0.2, 0) is 0 Å². The number of benzene rings is 2. The summed E-state index contributed by atoms with van der Waals surface area (Å²) in [4.78, 5) is 36.5. The molecule has 0 aromatic heterocycles. The fourth-order valence-electron chi connectivity index (χ4n) is 3.17. The van der Waals surface area contributed by atoms with Crippen molar-refractivity contribution in [3.63, 3.8) is 0 Å². The van der Waals surface area contributed by atoms with Gasteiger partial charge < -0.3 is 20.4 Å². The second-order valence-electron chi connectivity index (χ2n) is 6.60. The fraction of sp³-hybridized carbons (Fsp3) is 0.211. The van der Waals surface area contributed by atoms with E-state index in [4.69, 9.17) is 17.3 Å². The van der Waals surface area contributed by atoms with Crippen molar-refractivity contribution in [3.8, 4) is 5.75 Å². The predicted octanol–water partition coefficient (Wildman–Crippen LogP) is 2.73. The third-order valence-electron chi connectivity index (χ3n) is 4.59. The first-order valence-electron chi connectivity index (χ1n) is 8.98. The summed E-state index contributed by atoms with van der Waals surface area (Å²) in [5.41, 5.74) is 0.397. The molecule has 10 nitrogen and oxygen atoms in total. The highest BCUT2D eigenvalue weighted by atomic mass is 32.1. The first-order chi connectivity index (χ1) is 14.3. The number of non-ortho nitro benzene ring substituents is 1. The average Bonchev–Trinajstić information content (AvgIpc) is 3.23. The summed E-state index contributed by atoms with van der Waals surface area (Å²) in [6.45, 7) is 1.48. The lowest BCUT2D eigenvalue weighted by molar-refractivity contribution is -0.384. The molecule has 30 heavy (non-hydrogen) atoms. The molecule has 0 saturated carbocycles. The Morgan fingerprint density at radius 1 is 1.10 bits per heavy atom. The molecule has 11 heteroatoms. The van der Waals surface area contributed by atoms with Gasteiger partial charge in [0.05, 0.1) is 16.2 Å². The Bertz CT molecular complexity index is 1040. The van der Waals surface area contributed by atoms with E-state index in [-0.39, 0.29) is 27.6 Å². The quantitative estimate of drug-likeness (QED) is 0.243. The summed E-state index contributed by atoms with van der Waals surface area (Å²) in [6.07, 6.45) is 1.93. The fourth-order valence-corrected chi connectivity index (χ4v) is 3.38. The number of nitrogens with zero attached hydrogens (tertiary/aromatic N) is 2. The van der Waals surface area contributed by atoms with Crippen LogP contribution in [0.4, 0.5) is 17.1 Å². The average molecular weight is 430 g/mol. The van der Waals surface area contributed by atoms with Crippen LogP contribution < -0.4 is 15.5 Å². The van der Waals surface area contributed by atoms with Gasteiger partial charge in [0.2, 0.25) is 0 Å². The van der Waals surface area contributed by atoms with Crippen LogP contribution in [0.1, 0.15) is 33.6 Å². The first-order valence-corrected chi connectivity index (χ1v) is 9.39. The van der Waals surface area contributed by atoms with Gasteiger partial charge in [-0.1, -0.05) is 0 Å². The van der Waals surface area contributed by atoms with Gasteiger partial charge in [-0.05, 0) is 49.3 Å². The van der Waals surface area contributed by atoms with Gasteiger partial charge in [0, 0.05) is 30.9 Å². The van der Waals surface area contributed by atoms with Crippen LogP contribution in [-0.4, -0.2) is 45.2 Å². The van der Waals surface area contributed by atoms with Gasteiger partial charge in [0.15, 0.2) is 5.11 Å². The summed E-state index contributed by atoms with van der Waals surface area (Å²) in [6, 6.07) is 7.85. The summed E-state index contributed by atoms with van der Waals surface area (Å²) in [5, 5.41) is 34.8. The second kappa shape index (κ2) is 8.74. The maximum absolute atomic E-state index is 12.8. The molecule has 0 atom stereocenters. The summed E-state index contributed by atoms with van der Waals surface area (Å²) in [7, 11) is 0. The van der Waals surface area contributed by atoms with Crippen molar-refractivity contribution >= 4 is 46.3 Å². The number of aromatic hydroxyl groups is 1. The Morgan fingerprint density at radius 3 is 2.43 bits per heavy atom. The molecule has 1 aliphatic heterocycles. The molecule has 0 radical (unpaired) electrons. The number of nitro groups is 1. The van der Waals surface area contributed by atoms with E-state index in [0.29, 0.717) is 5.69 Å². The number of hydrogen-bond donors (Lipinski definition) is 4. The lowest BCUT2D eigenvalue weighted by atomic mass is 10.1. The highest BCUT2D eigenvalue weighted by Crippen LogP contribution is 2.28. The number of nitrogens with one attached hydrogen (secondary N) is 2. The number of phenols is 1. The van der Waals surface area contributed by atoms with E-state index in [0.717, 1.165) is 25.9 Å². The number of rotatable bonds is 5. The first kappa shape index (κ1) is 21.0. The molecule has 1 amide bonds. The van der Waals surface area contributed by atoms with Crippen molar-refractivity contribution in [2.75, 3.05) is 23.3 Å². The third-order valence-corrected chi connectivity index (χ3v) is 4.80. The van der Waals surface area contributed by atoms with Crippen molar-refractivity contribution in [3.05, 3.63) is 57.6 Å². The molecule has 2 aromatic rings. The largest absolute Gasteiger partial charge is 0.507 e. The minimum atomic E-state index is -1.32. The minimum Gasteiger partial charge on any atom is -0.507 e. The van der Waals surface area contributed by atoms with E-state index in [9.17, 15) is 24.8 Å². The molecule has 4 N–H and O–H groups in total. The molecule has 1 aliphatic rings. The van der Waals surface area contributed by atoms with Crippen molar-refractivity contribution < 1.29 is 24.7 Å². The molecule has 0 bridgehead atoms. The lowest BCUT2D eigenvalue weighted by Gasteiger charge is -2.21. The molecule has 3 rings (SSSR count). The zero-order valence-corrected chi connectivity index (χ0v) is 16.4. The SMILES string of the molecule is O=C(O)c1cc(NC(=S)NC(=O)c2cc([N+](=O)[O-])ccc2N2CCCC2)ccc1O. The van der Waals surface area contributed by atoms with Gasteiger partial charge >= 0.3 is 5.97 Å². The number of aromatic carboxylic acids is 1. The van der Waals surface area contributed by atoms with Crippen LogP contribution in [0.5, 0.6) is 5.75 Å². The molecule has 156 valence electrons. The molecule has 0 spiro atoms. The Labute approximate surface area is 176 Å². The standard InChI is InChI=1S/C19H18N4O6S/c24-16-6-3-11(9-14(16)18(26)27)20-19(30)21-17(25)13-10-12(23(28)29)4-5-15(13)22-7-1-2-8-22/h3-6,9-10,24H,1-2,7-8H2,(H,26,27)(H2,20,21,25,30). The van der Waals surface area contributed by atoms with E-state index in [1.807, 2.05) is 4.90 Å². The number of carbonyl (C=O) groups is 2. The molecule has 1 saturated heterocycles. The van der Waals surface area contributed by atoms with Crippen molar-refractivity contribution in [1.29, 1.82) is 0 Å². The molecule has 1 fully saturated rings. The number of amides is 1. The highest BCUT2D eigenvalue weighted by Gasteiger charge is 2.23. The number of carboxylic acid groups (broad SMARTS) is 1. The van der Waals surface area contributed by atoms with E-state index >= 15 is 0 Å². The predicted molar refractivity (Wildman–Crippen MR) is 113 cm³/mol. The van der Waals surface area contributed by atoms with Crippen molar-refractivity contribution in [2.24, 2.45) is 0 Å². The number of thiocarbonyl (C=S) groups is 1. The zero-order chi connectivity index (χ0) is 21.8. The van der Waals surface area contributed by atoms with Crippen LogP contribution in [0.25, 0.3) is 0 Å². The maximum atomic E-state index is 12.8. The van der Waals surface area contributed by atoms with Crippen molar-refractivity contribution in [1.82, 2.24) is 5.32 Å². The van der Waals surface area contributed by atoms with Gasteiger partial charge in [0.1, 0.15) is 11.3 Å². The van der Waals surface area contributed by atoms with Gasteiger partial charge in [-0.25, -0.2) is 4.79 Å². The van der Waals surface area contributed by atoms with Gasteiger partial charge in [-0.3, -0.25) is 20.2 Å². The molecule has 0 aliphatic carbocycles. The van der Waals surface area contributed by atoms with Crippen LogP contribution in [0.3, 0.4) is 0 Å². The molecule has 0 unspecified atom stereocenters. The molecular formula is C19H18N4O6S. The Morgan fingerprint density at radius 2 is 1.80 bits per heavy atom. The number of anilines is 2. The molecule has 1 heterocycles. The van der Waals surface area contributed by atoms with E-state index < -0.39 is 22.5 Å². The normalized spacial score (nSPS) is 13.0. The van der Waals surface area contributed by atoms with Crippen LogP contribution in [0.2, 0.25) is 0 Å². The van der Waals surface area contributed by atoms with Gasteiger partial charge in [-0.15, -0.1) is 0 Å². The number of hydrogen-bond acceptors (Lipinski definition) is 7. The summed E-state index contributed by atoms with van der Waals surface area (Å²) >= 11 is 5.12. The van der Waals surface area contributed by atoms with E-state index in [1.54, 1.807) is 6.07 Å². The van der Waals surface area contributed by atoms with E-state index in [1.165, 1.54) is 30.3 Å². The topological polar surface area (TPSA) is 145 Å². The van der Waals surface area contributed by atoms with Crippen molar-refractivity contribution in [2.45, 2.75) is 12.8 Å². The zero-order valence-electron chi connectivity index (χ0n) is 15.6. The monoisotopic (exact) mass is 430 g/mol. The number of nitro benzene ring substituents is 1. The lowest BCUT2D eigenvalue weighted by Crippen LogP contribution is -2.35. The number of carbonyl (C=O) groups excluding carboxylic acids is 1. The highest BCUT2D eigenvalue weighted by molar-refractivity contribution is 7.80. The molecular weight excluding hydrogens is 412 g/mol.